The summed E-state index contributed by atoms with van der Waals surface area (Å²) in [6.45, 7) is 1.64. The molecule has 8 nitrogen and oxygen atoms in total. The van der Waals surface area contributed by atoms with Crippen LogP contribution in [-0.2, 0) is 28.7 Å². The molecular formula is C13H22N2O6. The minimum absolute atomic E-state index is 0.0202. The van der Waals surface area contributed by atoms with Crippen LogP contribution >= 0.6 is 0 Å². The first kappa shape index (κ1) is 19.0. The van der Waals surface area contributed by atoms with Crippen LogP contribution in [0.1, 0.15) is 39.0 Å². The van der Waals surface area contributed by atoms with E-state index in [0.717, 1.165) is 0 Å². The van der Waals surface area contributed by atoms with Gasteiger partial charge in [-0.05, 0) is 26.2 Å². The molecule has 0 aliphatic carbocycles. The molecule has 1 atom stereocenters. The zero-order chi connectivity index (χ0) is 16.1. The maximum Gasteiger partial charge on any atom is 0.325 e. The summed E-state index contributed by atoms with van der Waals surface area (Å²) in [5, 5.41) is 2.68. The van der Waals surface area contributed by atoms with E-state index in [4.69, 9.17) is 5.73 Å². The maximum absolute atomic E-state index is 11.3. The Bertz CT molecular complexity index is 359. The lowest BCUT2D eigenvalue weighted by Crippen LogP contribution is -2.33. The molecule has 0 saturated heterocycles. The summed E-state index contributed by atoms with van der Waals surface area (Å²) in [6.07, 6.45) is 2.14. The number of unbranched alkanes of at least 4 members (excludes halogenated alkanes) is 1. The van der Waals surface area contributed by atoms with E-state index in [2.05, 4.69) is 14.8 Å². The van der Waals surface area contributed by atoms with Crippen LogP contribution < -0.4 is 11.1 Å². The first-order valence-electron chi connectivity index (χ1n) is 6.71. The van der Waals surface area contributed by atoms with Crippen LogP contribution in [0.2, 0.25) is 0 Å². The number of Topliss-reactive ketones (excluding diaryl/α,β-unsaturated/α-hetero) is 1. The van der Waals surface area contributed by atoms with Gasteiger partial charge in [-0.1, -0.05) is 0 Å². The van der Waals surface area contributed by atoms with Gasteiger partial charge in [-0.25, -0.2) is 0 Å². The molecule has 0 bridgehead atoms. The van der Waals surface area contributed by atoms with Crippen LogP contribution in [0.4, 0.5) is 0 Å². The Morgan fingerprint density at radius 1 is 1.24 bits per heavy atom. The Labute approximate surface area is 123 Å². The summed E-state index contributed by atoms with van der Waals surface area (Å²) in [6, 6.07) is -0.784. The van der Waals surface area contributed by atoms with E-state index >= 15 is 0 Å². The molecule has 0 unspecified atom stereocenters. The molecule has 8 heteroatoms. The third kappa shape index (κ3) is 11.6. The number of esters is 1. The molecule has 120 valence electrons. The van der Waals surface area contributed by atoms with Crippen LogP contribution in [0, 0.1) is 0 Å². The average Bonchev–Trinajstić information content (AvgIpc) is 2.44. The third-order valence-corrected chi connectivity index (χ3v) is 2.61. The zero-order valence-corrected chi connectivity index (χ0v) is 12.1. The zero-order valence-electron chi connectivity index (χ0n) is 12.1. The molecule has 0 fully saturated rings. The summed E-state index contributed by atoms with van der Waals surface area (Å²) in [7, 11) is 0. The largest absolute Gasteiger partial charge is 0.430 e. The van der Waals surface area contributed by atoms with Gasteiger partial charge in [0.25, 0.3) is 6.47 Å². The molecule has 1 amide bonds. The van der Waals surface area contributed by atoms with Gasteiger partial charge in [0.2, 0.25) is 12.7 Å². The van der Waals surface area contributed by atoms with Gasteiger partial charge >= 0.3 is 5.97 Å². The Balaban J connectivity index is 3.56. The van der Waals surface area contributed by atoms with Crippen molar-refractivity contribution >= 4 is 24.1 Å². The molecule has 0 aromatic heterocycles. The second kappa shape index (κ2) is 11.8. The molecule has 0 aromatic carbocycles. The van der Waals surface area contributed by atoms with Crippen LogP contribution in [-0.4, -0.2) is 43.5 Å². The highest BCUT2D eigenvalue weighted by molar-refractivity contribution is 5.83. The predicted octanol–water partition coefficient (Wildman–Crippen LogP) is -0.357. The Morgan fingerprint density at radius 2 is 1.95 bits per heavy atom. The lowest BCUT2D eigenvalue weighted by Gasteiger charge is -2.10. The van der Waals surface area contributed by atoms with Crippen molar-refractivity contribution in [3.63, 3.8) is 0 Å². The molecule has 0 rings (SSSR count). The van der Waals surface area contributed by atoms with Crippen molar-refractivity contribution in [1.82, 2.24) is 5.32 Å². The number of rotatable bonds is 12. The standard InChI is InChI=1S/C13H22N2O6/c1-10(17)5-6-12(18)15-7-3-2-4-11(14)13(19)21-9-20-8-16/h8,11H,2-7,9,14H2,1H3,(H,15,18)/t11-/m0/s1. The summed E-state index contributed by atoms with van der Waals surface area (Å²) >= 11 is 0. The van der Waals surface area contributed by atoms with Gasteiger partial charge < -0.3 is 25.3 Å². The molecular weight excluding hydrogens is 280 g/mol. The van der Waals surface area contributed by atoms with Crippen LogP contribution in [0.5, 0.6) is 0 Å². The third-order valence-electron chi connectivity index (χ3n) is 2.61. The van der Waals surface area contributed by atoms with Gasteiger partial charge in [0.15, 0.2) is 0 Å². The van der Waals surface area contributed by atoms with Gasteiger partial charge in [-0.3, -0.25) is 14.4 Å². The van der Waals surface area contributed by atoms with Crippen molar-refractivity contribution in [3.05, 3.63) is 0 Å². The SMILES string of the molecule is CC(=O)CCC(=O)NCCCC[C@H](N)C(=O)OCOC=O. The van der Waals surface area contributed by atoms with Crippen molar-refractivity contribution < 1.29 is 28.7 Å². The minimum Gasteiger partial charge on any atom is -0.430 e. The highest BCUT2D eigenvalue weighted by Gasteiger charge is 2.14. The lowest BCUT2D eigenvalue weighted by atomic mass is 10.1. The lowest BCUT2D eigenvalue weighted by molar-refractivity contribution is -0.161. The second-order valence-electron chi connectivity index (χ2n) is 4.50. The van der Waals surface area contributed by atoms with Crippen LogP contribution in [0.3, 0.4) is 0 Å². The van der Waals surface area contributed by atoms with Gasteiger partial charge in [-0.15, -0.1) is 0 Å². The number of ether oxygens (including phenoxy) is 2. The molecule has 3 N–H and O–H groups in total. The number of ketones is 1. The van der Waals surface area contributed by atoms with E-state index in [1.165, 1.54) is 6.92 Å². The summed E-state index contributed by atoms with van der Waals surface area (Å²) < 4.78 is 8.79. The molecule has 0 heterocycles. The number of hydrogen-bond donors (Lipinski definition) is 2. The van der Waals surface area contributed by atoms with Gasteiger partial charge in [-0.2, -0.15) is 0 Å². The van der Waals surface area contributed by atoms with Crippen molar-refractivity contribution in [1.29, 1.82) is 0 Å². The number of carbonyl (C=O) groups is 4. The topological polar surface area (TPSA) is 125 Å². The highest BCUT2D eigenvalue weighted by Crippen LogP contribution is 2.01. The summed E-state index contributed by atoms with van der Waals surface area (Å²) in [5.74, 6) is -0.824. The number of nitrogens with one attached hydrogen (secondary N) is 1. The number of nitrogens with two attached hydrogens (primary N) is 1. The van der Waals surface area contributed by atoms with Crippen molar-refractivity contribution in [2.75, 3.05) is 13.3 Å². The first-order valence-corrected chi connectivity index (χ1v) is 6.71. The van der Waals surface area contributed by atoms with Crippen molar-refractivity contribution in [3.8, 4) is 0 Å². The molecule has 0 aliphatic heterocycles. The predicted molar refractivity (Wildman–Crippen MR) is 72.9 cm³/mol. The van der Waals surface area contributed by atoms with E-state index < -0.39 is 18.8 Å². The molecule has 0 aliphatic rings. The van der Waals surface area contributed by atoms with Crippen LogP contribution in [0.25, 0.3) is 0 Å². The van der Waals surface area contributed by atoms with Gasteiger partial charge in [0.1, 0.15) is 11.8 Å². The number of amides is 1. The molecule has 21 heavy (non-hydrogen) atoms. The first-order chi connectivity index (χ1) is 9.97. The Morgan fingerprint density at radius 3 is 2.57 bits per heavy atom. The number of hydrogen-bond acceptors (Lipinski definition) is 7. The van der Waals surface area contributed by atoms with E-state index in [1.54, 1.807) is 0 Å². The van der Waals surface area contributed by atoms with Gasteiger partial charge in [0, 0.05) is 19.4 Å². The van der Waals surface area contributed by atoms with Crippen LogP contribution in [0.15, 0.2) is 0 Å². The molecule has 0 saturated carbocycles. The smallest absolute Gasteiger partial charge is 0.325 e. The normalized spacial score (nSPS) is 11.3. The van der Waals surface area contributed by atoms with E-state index in [1.807, 2.05) is 0 Å². The highest BCUT2D eigenvalue weighted by atomic mass is 16.7. The molecule has 0 spiro atoms. The Hall–Kier alpha value is -1.96. The number of carbonyl (C=O) groups excluding carboxylic acids is 4. The Kier molecular flexibility index (Phi) is 10.7. The van der Waals surface area contributed by atoms with E-state index in [0.29, 0.717) is 25.8 Å². The average molecular weight is 302 g/mol. The maximum atomic E-state index is 11.3. The quantitative estimate of drug-likeness (QED) is 0.218. The fourth-order valence-electron chi connectivity index (χ4n) is 1.44. The fraction of sp³-hybridized carbons (Fsp3) is 0.692. The van der Waals surface area contributed by atoms with Crippen molar-refractivity contribution in [2.24, 2.45) is 5.73 Å². The second-order valence-corrected chi connectivity index (χ2v) is 4.50. The minimum atomic E-state index is -0.784. The molecule has 0 aromatic rings. The van der Waals surface area contributed by atoms with E-state index in [-0.39, 0.29) is 31.0 Å². The fourth-order valence-corrected chi connectivity index (χ4v) is 1.44. The summed E-state index contributed by atoms with van der Waals surface area (Å²) in [5.41, 5.74) is 5.58. The van der Waals surface area contributed by atoms with Crippen molar-refractivity contribution in [2.45, 2.75) is 45.1 Å². The van der Waals surface area contributed by atoms with E-state index in [9.17, 15) is 19.2 Å². The monoisotopic (exact) mass is 302 g/mol. The summed E-state index contributed by atoms with van der Waals surface area (Å²) in [4.78, 5) is 43.1. The molecule has 0 radical (unpaired) electrons. The van der Waals surface area contributed by atoms with Gasteiger partial charge in [0.05, 0.1) is 0 Å².